The lowest BCUT2D eigenvalue weighted by Gasteiger charge is -2.48. The highest BCUT2D eigenvalue weighted by Crippen LogP contribution is 2.41. The number of fused-ring (bicyclic) bond motifs is 1. The van der Waals surface area contributed by atoms with E-state index >= 15 is 0 Å². The van der Waals surface area contributed by atoms with Gasteiger partial charge in [-0.15, -0.1) is 0 Å². The summed E-state index contributed by atoms with van der Waals surface area (Å²) in [4.78, 5) is 0. The van der Waals surface area contributed by atoms with Crippen molar-refractivity contribution in [3.8, 4) is 11.5 Å². The van der Waals surface area contributed by atoms with Gasteiger partial charge in [-0.2, -0.15) is 0 Å². The minimum atomic E-state index is -2.01. The molecule has 21 heteroatoms. The second-order valence-electron chi connectivity index (χ2n) is 13.1. The van der Waals surface area contributed by atoms with Crippen LogP contribution in [0.3, 0.4) is 0 Å². The molecule has 0 amide bonds. The van der Waals surface area contributed by atoms with Crippen LogP contribution in [-0.4, -0.2) is 190 Å². The van der Waals surface area contributed by atoms with E-state index in [-0.39, 0.29) is 28.4 Å². The van der Waals surface area contributed by atoms with E-state index in [1.54, 1.807) is 0 Å². The largest absolute Gasteiger partial charge is 0.508 e. The fourth-order valence-corrected chi connectivity index (χ4v) is 6.49. The van der Waals surface area contributed by atoms with Crippen LogP contribution in [0, 0.1) is 0 Å². The van der Waals surface area contributed by atoms with Gasteiger partial charge in [0.25, 0.3) is 0 Å². The summed E-state index contributed by atoms with van der Waals surface area (Å²) in [5, 5.41) is 145. The smallest absolute Gasteiger partial charge is 0.229 e. The zero-order valence-electron chi connectivity index (χ0n) is 27.9. The lowest BCUT2D eigenvalue weighted by molar-refractivity contribution is -0.391. The molecule has 16 unspecified atom stereocenters. The molecule has 3 fully saturated rings. The van der Waals surface area contributed by atoms with E-state index in [0.29, 0.717) is 0 Å². The van der Waals surface area contributed by atoms with Gasteiger partial charge >= 0.3 is 0 Å². The number of rotatable bonds is 10. The summed E-state index contributed by atoms with van der Waals surface area (Å²) in [5.41, 5.74) is 0.130. The van der Waals surface area contributed by atoms with E-state index in [1.165, 1.54) is 18.2 Å². The van der Waals surface area contributed by atoms with Gasteiger partial charge in [-0.3, -0.25) is 0 Å². The van der Waals surface area contributed by atoms with Crippen molar-refractivity contribution in [1.29, 1.82) is 0 Å². The van der Waals surface area contributed by atoms with Crippen LogP contribution in [0.5, 0.6) is 11.5 Å². The van der Waals surface area contributed by atoms with Crippen molar-refractivity contribution in [1.82, 2.24) is 0 Å². The van der Waals surface area contributed by atoms with Crippen LogP contribution in [0.25, 0.3) is 5.76 Å². The van der Waals surface area contributed by atoms with Crippen LogP contribution in [0.1, 0.15) is 5.56 Å². The van der Waals surface area contributed by atoms with Crippen molar-refractivity contribution >= 4 is 5.76 Å². The van der Waals surface area contributed by atoms with Crippen molar-refractivity contribution in [2.45, 2.75) is 98.2 Å². The summed E-state index contributed by atoms with van der Waals surface area (Å²) in [6.07, 6.45) is -25.2. The average molecular weight is 775 g/mol. The van der Waals surface area contributed by atoms with Crippen LogP contribution in [0.15, 0.2) is 59.3 Å². The molecule has 4 heterocycles. The maximum absolute atomic E-state index is 11.3. The van der Waals surface area contributed by atoms with Crippen LogP contribution >= 0.6 is 0 Å². The van der Waals surface area contributed by atoms with Gasteiger partial charge in [0.05, 0.1) is 19.8 Å². The molecule has 6 rings (SSSR count). The standard InChI is InChI=1S/C33H42O21/c34-7-18-21(41)24(44)27(47)31(50-18)53-30-26(46)23(43)20(9-36)52-33(30)54-29-25(45)22(42)19(8-35)51-32(29)49-17-6-12-14(39)4-11(37)5-16(12)48-28(17)10-1-2-13(38)15(40)3-10/h1-6,16,18-27,29-47H,7-9H2. The van der Waals surface area contributed by atoms with E-state index in [0.717, 1.165) is 18.2 Å². The Labute approximate surface area is 304 Å². The number of phenols is 2. The van der Waals surface area contributed by atoms with Crippen LogP contribution in [0.4, 0.5) is 0 Å². The quantitative estimate of drug-likeness (QED) is 0.0995. The molecule has 4 aliphatic heterocycles. The number of aromatic hydroxyl groups is 2. The summed E-state index contributed by atoms with van der Waals surface area (Å²) >= 11 is 0. The SMILES string of the molecule is OCC1OC(OC2C(OC3C(OC4=C(c5ccc(O)c(O)c5)OC5C=C(O)C=C(O)C5=C4)OC(CO)C(O)C3O)OC(CO)C(O)C2O)C(O)C(O)C1O. The Morgan fingerprint density at radius 2 is 1.11 bits per heavy atom. The molecular formula is C33H42O21. The zero-order valence-corrected chi connectivity index (χ0v) is 27.9. The number of aliphatic hydroxyl groups is 12. The van der Waals surface area contributed by atoms with E-state index in [2.05, 4.69) is 0 Å². The molecule has 14 N–H and O–H groups in total. The number of aliphatic hydroxyl groups excluding tert-OH is 12. The van der Waals surface area contributed by atoms with Crippen molar-refractivity contribution in [2.24, 2.45) is 0 Å². The third kappa shape index (κ3) is 7.62. The van der Waals surface area contributed by atoms with Gasteiger partial charge in [-0.05, 0) is 24.3 Å². The van der Waals surface area contributed by atoms with Crippen molar-refractivity contribution in [3.05, 3.63) is 64.8 Å². The topological polar surface area (TPSA) is 348 Å². The molecule has 0 radical (unpaired) electrons. The lowest BCUT2D eigenvalue weighted by Crippen LogP contribution is -2.67. The van der Waals surface area contributed by atoms with Gasteiger partial charge in [0.2, 0.25) is 6.29 Å². The summed E-state index contributed by atoms with van der Waals surface area (Å²) < 4.78 is 40.6. The maximum Gasteiger partial charge on any atom is 0.229 e. The molecule has 1 aromatic carbocycles. The highest BCUT2D eigenvalue weighted by molar-refractivity contribution is 5.70. The molecule has 0 spiro atoms. The molecule has 0 aromatic heterocycles. The summed E-state index contributed by atoms with van der Waals surface area (Å²) in [5.74, 6) is -2.32. The Morgan fingerprint density at radius 1 is 0.574 bits per heavy atom. The molecule has 0 bridgehead atoms. The number of ether oxygens (including phenoxy) is 7. The molecule has 3 saturated heterocycles. The number of allylic oxidation sites excluding steroid dienone is 2. The fourth-order valence-electron chi connectivity index (χ4n) is 6.49. The Balaban J connectivity index is 1.36. The lowest BCUT2D eigenvalue weighted by atomic mass is 9.96. The number of hydrogen-bond acceptors (Lipinski definition) is 21. The summed E-state index contributed by atoms with van der Waals surface area (Å²) in [7, 11) is 0. The first-order valence-corrected chi connectivity index (χ1v) is 16.7. The maximum atomic E-state index is 11.3. The number of phenolic OH excluding ortho intramolecular Hbond substituents is 2. The molecular weight excluding hydrogens is 732 g/mol. The van der Waals surface area contributed by atoms with Gasteiger partial charge < -0.3 is 105 Å². The Bertz CT molecular complexity index is 1630. The molecule has 0 saturated carbocycles. The molecule has 1 aromatic rings. The Hall–Kier alpha value is -3.62. The summed E-state index contributed by atoms with van der Waals surface area (Å²) in [6.45, 7) is -2.60. The molecule has 1 aliphatic carbocycles. The normalized spacial score (nSPS) is 41.3. The highest BCUT2D eigenvalue weighted by Gasteiger charge is 2.54. The van der Waals surface area contributed by atoms with Crippen molar-refractivity contribution < 1.29 is 105 Å². The molecule has 21 nitrogen and oxygen atoms in total. The zero-order chi connectivity index (χ0) is 39.2. The van der Waals surface area contributed by atoms with Gasteiger partial charge in [0, 0.05) is 23.3 Å². The van der Waals surface area contributed by atoms with E-state index < -0.39 is 135 Å². The molecule has 5 aliphatic rings. The second-order valence-corrected chi connectivity index (χ2v) is 13.1. The predicted molar refractivity (Wildman–Crippen MR) is 171 cm³/mol. The Morgan fingerprint density at radius 3 is 1.70 bits per heavy atom. The number of hydrogen-bond donors (Lipinski definition) is 14. The minimum absolute atomic E-state index is 0.0497. The second kappa shape index (κ2) is 16.2. The molecule has 54 heavy (non-hydrogen) atoms. The monoisotopic (exact) mass is 774 g/mol. The third-order valence-electron chi connectivity index (χ3n) is 9.52. The van der Waals surface area contributed by atoms with Crippen LogP contribution in [-0.2, 0) is 33.2 Å². The first-order valence-electron chi connectivity index (χ1n) is 16.7. The molecule has 300 valence electrons. The fraction of sp³-hybridized carbons (Fsp3) is 0.576. The van der Waals surface area contributed by atoms with Gasteiger partial charge in [-0.25, -0.2) is 0 Å². The highest BCUT2D eigenvalue weighted by atomic mass is 16.8. The van der Waals surface area contributed by atoms with E-state index in [4.69, 9.17) is 33.2 Å². The van der Waals surface area contributed by atoms with E-state index in [9.17, 15) is 71.5 Å². The van der Waals surface area contributed by atoms with Crippen molar-refractivity contribution in [3.63, 3.8) is 0 Å². The average Bonchev–Trinajstić information content (AvgIpc) is 3.14. The van der Waals surface area contributed by atoms with Crippen LogP contribution in [0.2, 0.25) is 0 Å². The van der Waals surface area contributed by atoms with Crippen LogP contribution < -0.4 is 0 Å². The predicted octanol–water partition coefficient (Wildman–Crippen LogP) is -4.55. The van der Waals surface area contributed by atoms with Gasteiger partial charge in [-0.1, -0.05) is 0 Å². The van der Waals surface area contributed by atoms with Gasteiger partial charge in [0.15, 0.2) is 41.7 Å². The minimum Gasteiger partial charge on any atom is -0.508 e. The molecule has 16 atom stereocenters. The van der Waals surface area contributed by atoms with E-state index in [1.807, 2.05) is 0 Å². The first kappa shape index (κ1) is 40.1. The third-order valence-corrected chi connectivity index (χ3v) is 9.52. The van der Waals surface area contributed by atoms with Crippen molar-refractivity contribution in [2.75, 3.05) is 19.8 Å². The Kier molecular flexibility index (Phi) is 12.0. The number of benzene rings is 1. The first-order chi connectivity index (χ1) is 25.7. The summed E-state index contributed by atoms with van der Waals surface area (Å²) in [6, 6.07) is 3.54. The van der Waals surface area contributed by atoms with Gasteiger partial charge in [0.1, 0.15) is 84.8 Å².